The summed E-state index contributed by atoms with van der Waals surface area (Å²) in [5, 5.41) is 3.06. The van der Waals surface area contributed by atoms with E-state index in [4.69, 9.17) is 4.74 Å². The van der Waals surface area contributed by atoms with Gasteiger partial charge in [0.1, 0.15) is 5.54 Å². The molecule has 0 aliphatic heterocycles. The zero-order valence-electron chi connectivity index (χ0n) is 12.0. The topological polar surface area (TPSA) is 56.2 Å². The van der Waals surface area contributed by atoms with Crippen LogP contribution < -0.4 is 5.32 Å². The van der Waals surface area contributed by atoms with Gasteiger partial charge in [0.05, 0.1) is 19.1 Å². The molecular weight excluding hydrogens is 242 g/mol. The van der Waals surface area contributed by atoms with Gasteiger partial charge in [0.2, 0.25) is 0 Å². The van der Waals surface area contributed by atoms with Crippen molar-refractivity contribution in [2.24, 2.45) is 0 Å². The molecule has 0 fully saturated rings. The third-order valence-corrected chi connectivity index (χ3v) is 4.15. The number of nitrogens with one attached hydrogen (secondary N) is 1. The molecule has 0 radical (unpaired) electrons. The molecule has 2 rings (SSSR count). The van der Waals surface area contributed by atoms with Crippen LogP contribution >= 0.6 is 0 Å². The zero-order chi connectivity index (χ0) is 13.9. The number of esters is 1. The van der Waals surface area contributed by atoms with E-state index in [1.54, 1.807) is 7.05 Å². The maximum atomic E-state index is 11.8. The SMILES string of the molecule is CNC(C)(CCn1cnc2c1CCCC2)C(=O)OC. The molecule has 0 saturated carbocycles. The van der Waals surface area contributed by atoms with Crippen molar-refractivity contribution in [3.8, 4) is 0 Å². The predicted molar refractivity (Wildman–Crippen MR) is 73.0 cm³/mol. The summed E-state index contributed by atoms with van der Waals surface area (Å²) in [6.45, 7) is 2.66. The Bertz CT molecular complexity index is 456. The Morgan fingerprint density at radius 2 is 2.26 bits per heavy atom. The van der Waals surface area contributed by atoms with Crippen LogP contribution in [0.4, 0.5) is 0 Å². The first-order chi connectivity index (χ1) is 9.10. The Labute approximate surface area is 114 Å². The fraction of sp³-hybridized carbons (Fsp3) is 0.714. The Kier molecular flexibility index (Phi) is 4.24. The third-order valence-electron chi connectivity index (χ3n) is 4.15. The Hall–Kier alpha value is -1.36. The number of aryl methyl sites for hydroxylation is 2. The molecule has 0 spiro atoms. The highest BCUT2D eigenvalue weighted by Crippen LogP contribution is 2.21. The highest BCUT2D eigenvalue weighted by Gasteiger charge is 2.32. The van der Waals surface area contributed by atoms with Gasteiger partial charge >= 0.3 is 5.97 Å². The summed E-state index contributed by atoms with van der Waals surface area (Å²) in [5.74, 6) is -0.219. The van der Waals surface area contributed by atoms with E-state index in [2.05, 4.69) is 14.9 Å². The highest BCUT2D eigenvalue weighted by molar-refractivity contribution is 5.80. The molecule has 1 aliphatic carbocycles. The smallest absolute Gasteiger partial charge is 0.325 e. The van der Waals surface area contributed by atoms with Crippen LogP contribution in [0.5, 0.6) is 0 Å². The second-order valence-electron chi connectivity index (χ2n) is 5.36. The van der Waals surface area contributed by atoms with Crippen LogP contribution in [0.1, 0.15) is 37.6 Å². The number of carbonyl (C=O) groups excluding carboxylic acids is 1. The molecule has 0 aromatic carbocycles. The summed E-state index contributed by atoms with van der Waals surface area (Å²) >= 11 is 0. The van der Waals surface area contributed by atoms with Gasteiger partial charge in [-0.05, 0) is 46.1 Å². The molecular formula is C14H23N3O2. The molecule has 0 bridgehead atoms. The normalized spacial score (nSPS) is 17.6. The van der Waals surface area contributed by atoms with Gasteiger partial charge in [-0.15, -0.1) is 0 Å². The molecule has 19 heavy (non-hydrogen) atoms. The van der Waals surface area contributed by atoms with E-state index in [1.165, 1.54) is 31.3 Å². The molecule has 1 unspecified atom stereocenters. The van der Waals surface area contributed by atoms with Crippen molar-refractivity contribution in [3.05, 3.63) is 17.7 Å². The van der Waals surface area contributed by atoms with Gasteiger partial charge in [0, 0.05) is 12.2 Å². The molecule has 1 N–H and O–H groups in total. The van der Waals surface area contributed by atoms with Gasteiger partial charge in [-0.25, -0.2) is 4.98 Å². The van der Waals surface area contributed by atoms with Gasteiger partial charge in [0.25, 0.3) is 0 Å². The molecule has 5 heteroatoms. The van der Waals surface area contributed by atoms with E-state index < -0.39 is 5.54 Å². The summed E-state index contributed by atoms with van der Waals surface area (Å²) in [6, 6.07) is 0. The number of likely N-dealkylation sites (N-methyl/N-ethyl adjacent to an activating group) is 1. The number of hydrogen-bond donors (Lipinski definition) is 1. The molecule has 1 aliphatic rings. The van der Waals surface area contributed by atoms with Crippen LogP contribution in [0.25, 0.3) is 0 Å². The van der Waals surface area contributed by atoms with Crippen molar-refractivity contribution >= 4 is 5.97 Å². The summed E-state index contributed by atoms with van der Waals surface area (Å²) in [4.78, 5) is 16.3. The second-order valence-corrected chi connectivity index (χ2v) is 5.36. The Morgan fingerprint density at radius 3 is 2.95 bits per heavy atom. The van der Waals surface area contributed by atoms with Crippen LogP contribution in [0.15, 0.2) is 6.33 Å². The first kappa shape index (κ1) is 14.1. The maximum absolute atomic E-state index is 11.8. The molecule has 1 atom stereocenters. The van der Waals surface area contributed by atoms with Crippen LogP contribution in [0.3, 0.4) is 0 Å². The van der Waals surface area contributed by atoms with Gasteiger partial charge in [-0.3, -0.25) is 4.79 Å². The number of fused-ring (bicyclic) bond motifs is 1. The number of imidazole rings is 1. The second kappa shape index (κ2) is 5.74. The summed E-state index contributed by atoms with van der Waals surface area (Å²) in [5.41, 5.74) is 1.94. The van der Waals surface area contributed by atoms with Gasteiger partial charge < -0.3 is 14.6 Å². The number of rotatable bonds is 5. The molecule has 0 amide bonds. The van der Waals surface area contributed by atoms with E-state index in [-0.39, 0.29) is 5.97 Å². The molecule has 5 nitrogen and oxygen atoms in total. The van der Waals surface area contributed by atoms with Gasteiger partial charge in [-0.1, -0.05) is 0 Å². The molecule has 0 saturated heterocycles. The lowest BCUT2D eigenvalue weighted by Gasteiger charge is -2.26. The van der Waals surface area contributed by atoms with Gasteiger partial charge in [-0.2, -0.15) is 0 Å². The van der Waals surface area contributed by atoms with Crippen molar-refractivity contribution in [2.45, 2.75) is 51.1 Å². The van der Waals surface area contributed by atoms with E-state index in [9.17, 15) is 4.79 Å². The number of carbonyl (C=O) groups is 1. The number of aromatic nitrogens is 2. The number of ether oxygens (including phenoxy) is 1. The number of hydrogen-bond acceptors (Lipinski definition) is 4. The van der Waals surface area contributed by atoms with Crippen LogP contribution in [-0.2, 0) is 28.9 Å². The lowest BCUT2D eigenvalue weighted by Crippen LogP contribution is -2.49. The first-order valence-electron chi connectivity index (χ1n) is 6.91. The van der Waals surface area contributed by atoms with Gasteiger partial charge in [0.15, 0.2) is 0 Å². The van der Waals surface area contributed by atoms with Crippen molar-refractivity contribution in [3.63, 3.8) is 0 Å². The van der Waals surface area contributed by atoms with Crippen molar-refractivity contribution < 1.29 is 9.53 Å². The monoisotopic (exact) mass is 265 g/mol. The first-order valence-corrected chi connectivity index (χ1v) is 6.91. The minimum absolute atomic E-state index is 0.219. The minimum Gasteiger partial charge on any atom is -0.468 e. The minimum atomic E-state index is -0.638. The van der Waals surface area contributed by atoms with Crippen LogP contribution in [0.2, 0.25) is 0 Å². The maximum Gasteiger partial charge on any atom is 0.325 e. The average Bonchev–Trinajstić information content (AvgIpc) is 2.87. The van der Waals surface area contributed by atoms with E-state index >= 15 is 0 Å². The molecule has 106 valence electrons. The average molecular weight is 265 g/mol. The lowest BCUT2D eigenvalue weighted by atomic mass is 9.97. The molecule has 1 heterocycles. The lowest BCUT2D eigenvalue weighted by molar-refractivity contribution is -0.148. The van der Waals surface area contributed by atoms with Crippen molar-refractivity contribution in [2.75, 3.05) is 14.2 Å². The fourth-order valence-corrected chi connectivity index (χ4v) is 2.62. The molecule has 1 aromatic heterocycles. The van der Waals surface area contributed by atoms with Crippen LogP contribution in [-0.4, -0.2) is 35.2 Å². The van der Waals surface area contributed by atoms with Crippen molar-refractivity contribution in [1.82, 2.24) is 14.9 Å². The summed E-state index contributed by atoms with van der Waals surface area (Å²) in [7, 11) is 3.22. The van der Waals surface area contributed by atoms with E-state index in [0.29, 0.717) is 6.42 Å². The summed E-state index contributed by atoms with van der Waals surface area (Å²) < 4.78 is 7.05. The van der Waals surface area contributed by atoms with E-state index in [0.717, 1.165) is 19.4 Å². The Morgan fingerprint density at radius 1 is 1.53 bits per heavy atom. The number of methoxy groups -OCH3 is 1. The highest BCUT2D eigenvalue weighted by atomic mass is 16.5. The van der Waals surface area contributed by atoms with E-state index in [1.807, 2.05) is 13.3 Å². The van der Waals surface area contributed by atoms with Crippen LogP contribution in [0, 0.1) is 0 Å². The number of nitrogens with zero attached hydrogens (tertiary/aromatic N) is 2. The summed E-state index contributed by atoms with van der Waals surface area (Å²) in [6.07, 6.45) is 7.26. The predicted octanol–water partition coefficient (Wildman–Crippen LogP) is 1.30. The van der Waals surface area contributed by atoms with Crippen molar-refractivity contribution in [1.29, 1.82) is 0 Å². The quantitative estimate of drug-likeness (QED) is 0.815. The zero-order valence-corrected chi connectivity index (χ0v) is 12.0. The fourth-order valence-electron chi connectivity index (χ4n) is 2.62. The molecule has 1 aromatic rings. The largest absolute Gasteiger partial charge is 0.468 e. The third kappa shape index (κ3) is 2.81. The standard InChI is InChI=1S/C14H23N3O2/c1-14(15-2,13(18)19-3)8-9-17-10-16-11-6-4-5-7-12(11)17/h10,15H,4-9H2,1-3H3. The Balaban J connectivity index is 2.05.